The summed E-state index contributed by atoms with van der Waals surface area (Å²) in [5, 5.41) is 0. The molecule has 1 saturated carbocycles. The molecule has 0 N–H and O–H groups in total. The molecule has 0 aromatic rings. The highest BCUT2D eigenvalue weighted by Crippen LogP contribution is 2.34. The van der Waals surface area contributed by atoms with Crippen molar-refractivity contribution in [2.75, 3.05) is 6.54 Å². The van der Waals surface area contributed by atoms with Crippen LogP contribution >= 0.6 is 9.24 Å². The lowest BCUT2D eigenvalue weighted by Crippen LogP contribution is -2.38. The van der Waals surface area contributed by atoms with Gasteiger partial charge < -0.3 is 0 Å². The van der Waals surface area contributed by atoms with Gasteiger partial charge in [-0.1, -0.05) is 20.8 Å². The molecule has 0 aromatic heterocycles. The van der Waals surface area contributed by atoms with Gasteiger partial charge in [-0.25, -0.2) is 0 Å². The van der Waals surface area contributed by atoms with Crippen LogP contribution in [0.2, 0.25) is 0 Å². The van der Waals surface area contributed by atoms with Crippen LogP contribution in [0.1, 0.15) is 52.9 Å². The lowest BCUT2D eigenvalue weighted by molar-refractivity contribution is -0.140. The van der Waals surface area contributed by atoms with Gasteiger partial charge in [0, 0.05) is 24.8 Å². The molecule has 1 aliphatic carbocycles. The molecule has 2 unspecified atom stereocenters. The van der Waals surface area contributed by atoms with Gasteiger partial charge in [-0.3, -0.25) is 19.3 Å². The Morgan fingerprint density at radius 3 is 2.23 bits per heavy atom. The Hall–Kier alpha value is -0.760. The molecule has 1 aliphatic heterocycles. The van der Waals surface area contributed by atoms with Gasteiger partial charge in [-0.2, -0.15) is 0 Å². The first kappa shape index (κ1) is 17.6. The number of hydrogen-bond acceptors (Lipinski definition) is 3. The second kappa shape index (κ2) is 7.21. The molecule has 22 heavy (non-hydrogen) atoms. The van der Waals surface area contributed by atoms with Crippen LogP contribution in [0, 0.1) is 23.7 Å². The fraction of sp³-hybridized carbons (Fsp3) is 0.824. The standard InChI is InChI=1S/C17H28NO3P/c1-10(2)16(20)13-6-4-12(5-7-13)9-18-15(19)8-14(11(3)22)17(18)21/h10-14H,4-9,22H2,1-3H3/t11?,12?,13?,14-/m1/s1. The van der Waals surface area contributed by atoms with Crippen LogP contribution in [0.5, 0.6) is 0 Å². The third-order valence-corrected chi connectivity index (χ3v) is 5.64. The van der Waals surface area contributed by atoms with Crippen molar-refractivity contribution in [2.24, 2.45) is 23.7 Å². The van der Waals surface area contributed by atoms with Crippen LogP contribution < -0.4 is 0 Å². The number of ketones is 1. The lowest BCUT2D eigenvalue weighted by Gasteiger charge is -2.30. The SMILES string of the molecule is CC(C)C(=O)C1CCC(CN2C(=O)C[C@H](C(C)P)C2=O)CC1. The first-order chi connectivity index (χ1) is 10.3. The highest BCUT2D eigenvalue weighted by atomic mass is 31.0. The molecule has 3 atom stereocenters. The van der Waals surface area contributed by atoms with E-state index in [2.05, 4.69) is 9.24 Å². The molecule has 2 rings (SSSR count). The largest absolute Gasteiger partial charge is 0.299 e. The number of rotatable bonds is 5. The molecular formula is C17H28NO3P. The Morgan fingerprint density at radius 2 is 1.77 bits per heavy atom. The molecule has 0 aromatic carbocycles. The predicted octanol–water partition coefficient (Wildman–Crippen LogP) is 2.66. The molecule has 124 valence electrons. The number of likely N-dealkylation sites (tertiary alicyclic amines) is 1. The Kier molecular flexibility index (Phi) is 5.76. The van der Waals surface area contributed by atoms with Crippen LogP contribution in [0.4, 0.5) is 0 Å². The number of imide groups is 1. The van der Waals surface area contributed by atoms with E-state index >= 15 is 0 Å². The molecule has 0 radical (unpaired) electrons. The van der Waals surface area contributed by atoms with Crippen molar-refractivity contribution in [3.63, 3.8) is 0 Å². The van der Waals surface area contributed by atoms with E-state index in [1.54, 1.807) is 0 Å². The van der Waals surface area contributed by atoms with E-state index < -0.39 is 0 Å². The molecule has 0 bridgehead atoms. The molecule has 1 heterocycles. The first-order valence-corrected chi connectivity index (χ1v) is 9.11. The number of carbonyl (C=O) groups excluding carboxylic acids is 3. The minimum absolute atomic E-state index is 0.00659. The van der Waals surface area contributed by atoms with Crippen LogP contribution in [-0.4, -0.2) is 34.7 Å². The fourth-order valence-corrected chi connectivity index (χ4v) is 3.97. The van der Waals surface area contributed by atoms with E-state index in [0.29, 0.717) is 24.7 Å². The summed E-state index contributed by atoms with van der Waals surface area (Å²) in [6, 6.07) is 0. The Labute approximate surface area is 135 Å². The van der Waals surface area contributed by atoms with Crippen molar-refractivity contribution in [2.45, 2.75) is 58.5 Å². The fourth-order valence-electron chi connectivity index (χ4n) is 3.67. The van der Waals surface area contributed by atoms with E-state index in [9.17, 15) is 14.4 Å². The molecule has 5 heteroatoms. The van der Waals surface area contributed by atoms with Gasteiger partial charge in [0.05, 0.1) is 5.92 Å². The highest BCUT2D eigenvalue weighted by Gasteiger charge is 2.41. The van der Waals surface area contributed by atoms with E-state index in [1.807, 2.05) is 20.8 Å². The third-order valence-electron chi connectivity index (χ3n) is 5.17. The van der Waals surface area contributed by atoms with Crippen molar-refractivity contribution >= 4 is 26.8 Å². The topological polar surface area (TPSA) is 54.5 Å². The summed E-state index contributed by atoms with van der Waals surface area (Å²) in [5.74, 6) is 0.814. The van der Waals surface area contributed by atoms with Gasteiger partial charge in [0.2, 0.25) is 11.8 Å². The van der Waals surface area contributed by atoms with Crippen LogP contribution in [-0.2, 0) is 14.4 Å². The molecule has 0 spiro atoms. The number of amides is 2. The van der Waals surface area contributed by atoms with Crippen molar-refractivity contribution < 1.29 is 14.4 Å². The Morgan fingerprint density at radius 1 is 1.18 bits per heavy atom. The maximum atomic E-state index is 12.3. The lowest BCUT2D eigenvalue weighted by atomic mass is 9.77. The van der Waals surface area contributed by atoms with E-state index in [1.165, 1.54) is 4.90 Å². The zero-order valence-electron chi connectivity index (χ0n) is 13.9. The number of hydrogen-bond donors (Lipinski definition) is 0. The smallest absolute Gasteiger partial charge is 0.233 e. The summed E-state index contributed by atoms with van der Waals surface area (Å²) in [4.78, 5) is 37.9. The quantitative estimate of drug-likeness (QED) is 0.577. The summed E-state index contributed by atoms with van der Waals surface area (Å²) in [7, 11) is 2.63. The van der Waals surface area contributed by atoms with Crippen LogP contribution in [0.3, 0.4) is 0 Å². The molecule has 2 amide bonds. The number of nitrogens with zero attached hydrogens (tertiary/aromatic N) is 1. The number of carbonyl (C=O) groups is 3. The molecule has 2 aliphatic rings. The van der Waals surface area contributed by atoms with E-state index in [-0.39, 0.29) is 35.2 Å². The second-order valence-electron chi connectivity index (χ2n) is 7.29. The third kappa shape index (κ3) is 3.76. The highest BCUT2D eigenvalue weighted by molar-refractivity contribution is 7.17. The Bertz CT molecular complexity index is 453. The van der Waals surface area contributed by atoms with Gasteiger partial charge in [0.15, 0.2) is 0 Å². The van der Waals surface area contributed by atoms with Crippen LogP contribution in [0.15, 0.2) is 0 Å². The minimum Gasteiger partial charge on any atom is -0.299 e. The van der Waals surface area contributed by atoms with Gasteiger partial charge in [-0.05, 0) is 37.3 Å². The average molecular weight is 325 g/mol. The maximum absolute atomic E-state index is 12.3. The number of Topliss-reactive ketones (excluding diaryl/α,β-unsaturated/α-hetero) is 1. The normalized spacial score (nSPS) is 31.0. The summed E-state index contributed by atoms with van der Waals surface area (Å²) in [5.41, 5.74) is 0.140. The summed E-state index contributed by atoms with van der Waals surface area (Å²) in [6.45, 7) is 6.43. The maximum Gasteiger partial charge on any atom is 0.233 e. The van der Waals surface area contributed by atoms with E-state index in [4.69, 9.17) is 0 Å². The van der Waals surface area contributed by atoms with Gasteiger partial charge >= 0.3 is 0 Å². The van der Waals surface area contributed by atoms with Gasteiger partial charge in [0.25, 0.3) is 0 Å². The van der Waals surface area contributed by atoms with E-state index in [0.717, 1.165) is 25.7 Å². The van der Waals surface area contributed by atoms with Crippen molar-refractivity contribution in [3.05, 3.63) is 0 Å². The zero-order chi connectivity index (χ0) is 16.4. The van der Waals surface area contributed by atoms with Gasteiger partial charge in [-0.15, -0.1) is 9.24 Å². The van der Waals surface area contributed by atoms with Crippen LogP contribution in [0.25, 0.3) is 0 Å². The predicted molar refractivity (Wildman–Crippen MR) is 89.3 cm³/mol. The first-order valence-electron chi connectivity index (χ1n) is 8.44. The summed E-state index contributed by atoms with van der Waals surface area (Å²) < 4.78 is 0. The monoisotopic (exact) mass is 325 g/mol. The summed E-state index contributed by atoms with van der Waals surface area (Å²) >= 11 is 0. The average Bonchev–Trinajstić information content (AvgIpc) is 2.75. The minimum atomic E-state index is -0.170. The summed E-state index contributed by atoms with van der Waals surface area (Å²) in [6.07, 6.45) is 4.05. The molecule has 2 fully saturated rings. The second-order valence-corrected chi connectivity index (χ2v) is 8.34. The van der Waals surface area contributed by atoms with Crippen molar-refractivity contribution in [3.8, 4) is 0 Å². The van der Waals surface area contributed by atoms with Crippen molar-refractivity contribution in [1.82, 2.24) is 4.90 Å². The Balaban J connectivity index is 1.87. The van der Waals surface area contributed by atoms with Crippen molar-refractivity contribution in [1.29, 1.82) is 0 Å². The molecule has 1 saturated heterocycles. The van der Waals surface area contributed by atoms with Gasteiger partial charge in [0.1, 0.15) is 5.78 Å². The molecular weight excluding hydrogens is 297 g/mol. The zero-order valence-corrected chi connectivity index (χ0v) is 15.0. The molecule has 4 nitrogen and oxygen atoms in total.